The highest BCUT2D eigenvalue weighted by molar-refractivity contribution is 7.99. The van der Waals surface area contributed by atoms with Crippen molar-refractivity contribution in [2.24, 2.45) is 0 Å². The zero-order valence-electron chi connectivity index (χ0n) is 14.4. The minimum Gasteiger partial charge on any atom is -0.388 e. The Bertz CT molecular complexity index is 661. The van der Waals surface area contributed by atoms with E-state index < -0.39 is 29.9 Å². The number of aliphatic hydroxyl groups is 2. The molecule has 0 saturated carbocycles. The van der Waals surface area contributed by atoms with Crippen LogP contribution in [0.2, 0.25) is 0 Å². The highest BCUT2D eigenvalue weighted by atomic mass is 32.2. The molecule has 0 spiro atoms. The smallest absolute Gasteiger partial charge is 0.136 e. The molecule has 2 aromatic carbocycles. The van der Waals surface area contributed by atoms with E-state index in [2.05, 4.69) is 0 Å². The summed E-state index contributed by atoms with van der Waals surface area (Å²) >= 11 is 1.45. The van der Waals surface area contributed by atoms with Crippen LogP contribution in [0.5, 0.6) is 0 Å². The average molecular weight is 360 g/mol. The Morgan fingerprint density at radius 1 is 1.00 bits per heavy atom. The standard InChI is InChI=1S/C20H24O4S/c1-13-8-10-16(11-9-13)25-20-18(22)19(17(21)14(2)24-20)23-12-15-6-4-3-5-7-15/h3-11,14,17-22H,12H2,1-2H3/t14-,17-,18+,19+,20-/m0/s1. The third-order valence-corrected chi connectivity index (χ3v) is 5.51. The van der Waals surface area contributed by atoms with E-state index >= 15 is 0 Å². The fraction of sp³-hybridized carbons (Fsp3) is 0.400. The quantitative estimate of drug-likeness (QED) is 0.858. The van der Waals surface area contributed by atoms with Crippen molar-refractivity contribution in [3.63, 3.8) is 0 Å². The van der Waals surface area contributed by atoms with Crippen LogP contribution < -0.4 is 0 Å². The predicted molar refractivity (Wildman–Crippen MR) is 98.4 cm³/mol. The number of hydrogen-bond donors (Lipinski definition) is 2. The molecule has 1 heterocycles. The average Bonchev–Trinajstić information content (AvgIpc) is 2.62. The summed E-state index contributed by atoms with van der Waals surface area (Å²) in [7, 11) is 0. The van der Waals surface area contributed by atoms with Crippen LogP contribution in [0, 0.1) is 6.92 Å². The first-order valence-corrected chi connectivity index (χ1v) is 9.33. The predicted octanol–water partition coefficient (Wildman–Crippen LogP) is 3.14. The maximum atomic E-state index is 10.7. The van der Waals surface area contributed by atoms with E-state index in [-0.39, 0.29) is 0 Å². The lowest BCUT2D eigenvalue weighted by Crippen LogP contribution is -2.56. The van der Waals surface area contributed by atoms with E-state index in [0.29, 0.717) is 6.61 Å². The summed E-state index contributed by atoms with van der Waals surface area (Å²) in [6.07, 6.45) is -2.88. The fourth-order valence-corrected chi connectivity index (χ4v) is 3.90. The van der Waals surface area contributed by atoms with Gasteiger partial charge in [-0.05, 0) is 31.5 Å². The third-order valence-electron chi connectivity index (χ3n) is 4.34. The molecule has 2 N–H and O–H groups in total. The molecule has 5 heteroatoms. The molecule has 0 aromatic heterocycles. The highest BCUT2D eigenvalue weighted by Gasteiger charge is 2.43. The lowest BCUT2D eigenvalue weighted by molar-refractivity contribution is -0.212. The van der Waals surface area contributed by atoms with Crippen LogP contribution >= 0.6 is 11.8 Å². The summed E-state index contributed by atoms with van der Waals surface area (Å²) in [4.78, 5) is 1.01. The van der Waals surface area contributed by atoms with E-state index in [9.17, 15) is 10.2 Å². The van der Waals surface area contributed by atoms with E-state index in [1.165, 1.54) is 17.3 Å². The van der Waals surface area contributed by atoms with Gasteiger partial charge in [-0.1, -0.05) is 59.8 Å². The summed E-state index contributed by atoms with van der Waals surface area (Å²) < 4.78 is 11.7. The monoisotopic (exact) mass is 360 g/mol. The Morgan fingerprint density at radius 2 is 1.68 bits per heavy atom. The zero-order chi connectivity index (χ0) is 17.8. The Morgan fingerprint density at radius 3 is 2.36 bits per heavy atom. The van der Waals surface area contributed by atoms with Crippen LogP contribution in [0.15, 0.2) is 59.5 Å². The first-order chi connectivity index (χ1) is 12.0. The lowest BCUT2D eigenvalue weighted by Gasteiger charge is -2.41. The molecule has 0 amide bonds. The molecule has 25 heavy (non-hydrogen) atoms. The minimum absolute atomic E-state index is 0.342. The van der Waals surface area contributed by atoms with Crippen molar-refractivity contribution >= 4 is 11.8 Å². The number of rotatable bonds is 5. The number of benzene rings is 2. The molecule has 3 rings (SSSR count). The van der Waals surface area contributed by atoms with Gasteiger partial charge in [0.15, 0.2) is 0 Å². The molecular weight excluding hydrogens is 336 g/mol. The first kappa shape index (κ1) is 18.4. The Hall–Kier alpha value is -1.37. The second kappa shape index (κ2) is 8.34. The van der Waals surface area contributed by atoms with Gasteiger partial charge >= 0.3 is 0 Å². The maximum Gasteiger partial charge on any atom is 0.136 e. The second-order valence-corrected chi connectivity index (χ2v) is 7.55. The second-order valence-electron chi connectivity index (χ2n) is 6.38. The summed E-state index contributed by atoms with van der Waals surface area (Å²) in [5.41, 5.74) is 1.70. The van der Waals surface area contributed by atoms with E-state index in [1.54, 1.807) is 6.92 Å². The minimum atomic E-state index is -0.916. The van der Waals surface area contributed by atoms with Crippen molar-refractivity contribution in [1.29, 1.82) is 0 Å². The molecule has 0 radical (unpaired) electrons. The maximum absolute atomic E-state index is 10.7. The van der Waals surface area contributed by atoms with Crippen molar-refractivity contribution in [2.45, 2.75) is 55.2 Å². The van der Waals surface area contributed by atoms with Crippen molar-refractivity contribution in [1.82, 2.24) is 0 Å². The van der Waals surface area contributed by atoms with Gasteiger partial charge in [0.05, 0.1) is 12.7 Å². The third kappa shape index (κ3) is 4.63. The molecule has 5 atom stereocenters. The van der Waals surface area contributed by atoms with Gasteiger partial charge in [-0.3, -0.25) is 0 Å². The van der Waals surface area contributed by atoms with Crippen molar-refractivity contribution in [3.05, 3.63) is 65.7 Å². The normalized spacial score (nSPS) is 29.5. The molecule has 1 aliphatic rings. The molecule has 0 aliphatic carbocycles. The molecule has 134 valence electrons. The van der Waals surface area contributed by atoms with Crippen molar-refractivity contribution < 1.29 is 19.7 Å². The van der Waals surface area contributed by atoms with Gasteiger partial charge in [0.1, 0.15) is 23.7 Å². The van der Waals surface area contributed by atoms with Crippen LogP contribution in [0.4, 0.5) is 0 Å². The molecule has 4 nitrogen and oxygen atoms in total. The number of thioether (sulfide) groups is 1. The molecule has 0 unspecified atom stereocenters. The Balaban J connectivity index is 1.67. The van der Waals surface area contributed by atoms with Gasteiger partial charge in [0.2, 0.25) is 0 Å². The zero-order valence-corrected chi connectivity index (χ0v) is 15.2. The molecular formula is C20H24O4S. The van der Waals surface area contributed by atoms with Crippen LogP contribution in [-0.2, 0) is 16.1 Å². The van der Waals surface area contributed by atoms with Gasteiger partial charge < -0.3 is 19.7 Å². The number of ether oxygens (including phenoxy) is 2. The van der Waals surface area contributed by atoms with Gasteiger partial charge in [0.25, 0.3) is 0 Å². The Labute approximate surface area is 152 Å². The van der Waals surface area contributed by atoms with E-state index in [1.807, 2.05) is 61.5 Å². The molecule has 0 bridgehead atoms. The highest BCUT2D eigenvalue weighted by Crippen LogP contribution is 2.34. The van der Waals surface area contributed by atoms with Crippen LogP contribution in [-0.4, -0.2) is 40.1 Å². The van der Waals surface area contributed by atoms with Crippen LogP contribution in [0.3, 0.4) is 0 Å². The largest absolute Gasteiger partial charge is 0.388 e. The summed E-state index contributed by atoms with van der Waals surface area (Å²) in [6.45, 7) is 4.18. The van der Waals surface area contributed by atoms with Gasteiger partial charge in [-0.25, -0.2) is 0 Å². The molecule has 1 aliphatic heterocycles. The SMILES string of the molecule is Cc1ccc(S[C@@H]2O[C@@H](C)[C@H](O)[C@@H](OCc3ccccc3)[C@H]2O)cc1. The molecule has 1 fully saturated rings. The van der Waals surface area contributed by atoms with Gasteiger partial charge in [-0.2, -0.15) is 0 Å². The summed E-state index contributed by atoms with van der Waals surface area (Å²) in [5, 5.41) is 21.1. The number of aryl methyl sites for hydroxylation is 1. The first-order valence-electron chi connectivity index (χ1n) is 8.45. The number of hydrogen-bond acceptors (Lipinski definition) is 5. The van der Waals surface area contributed by atoms with Crippen molar-refractivity contribution in [3.8, 4) is 0 Å². The lowest BCUT2D eigenvalue weighted by atomic mass is 10.0. The number of aliphatic hydroxyl groups excluding tert-OH is 2. The van der Waals surface area contributed by atoms with E-state index in [4.69, 9.17) is 9.47 Å². The summed E-state index contributed by atoms with van der Waals surface area (Å²) in [6, 6.07) is 17.8. The van der Waals surface area contributed by atoms with Crippen LogP contribution in [0.1, 0.15) is 18.1 Å². The fourth-order valence-electron chi connectivity index (χ4n) is 2.81. The Kier molecular flexibility index (Phi) is 6.15. The topological polar surface area (TPSA) is 58.9 Å². The molecule has 1 saturated heterocycles. The van der Waals surface area contributed by atoms with E-state index in [0.717, 1.165) is 10.5 Å². The molecule has 2 aromatic rings. The van der Waals surface area contributed by atoms with Gasteiger partial charge in [0, 0.05) is 4.90 Å². The van der Waals surface area contributed by atoms with Gasteiger partial charge in [-0.15, -0.1) is 0 Å². The van der Waals surface area contributed by atoms with Crippen molar-refractivity contribution in [2.75, 3.05) is 0 Å². The summed E-state index contributed by atoms with van der Waals surface area (Å²) in [5.74, 6) is 0. The van der Waals surface area contributed by atoms with Crippen LogP contribution in [0.25, 0.3) is 0 Å².